The molecule has 1 aliphatic heterocycles. The van der Waals surface area contributed by atoms with Gasteiger partial charge in [-0.25, -0.2) is 0 Å². The van der Waals surface area contributed by atoms with Gasteiger partial charge in [0, 0.05) is 18.8 Å². The molecule has 0 bridgehead atoms. The van der Waals surface area contributed by atoms with Gasteiger partial charge >= 0.3 is 0 Å². The van der Waals surface area contributed by atoms with Gasteiger partial charge in [0.25, 0.3) is 0 Å². The van der Waals surface area contributed by atoms with Crippen molar-refractivity contribution in [2.75, 3.05) is 18.5 Å². The van der Waals surface area contributed by atoms with Crippen molar-refractivity contribution >= 4 is 5.82 Å². The molecule has 76 valence electrons. The van der Waals surface area contributed by atoms with Crippen molar-refractivity contribution in [3.63, 3.8) is 0 Å². The first-order chi connectivity index (χ1) is 6.86. The number of nitrogens with two attached hydrogens (primary N) is 1. The van der Waals surface area contributed by atoms with Crippen molar-refractivity contribution in [3.8, 4) is 0 Å². The maximum atomic E-state index is 5.94. The number of anilines is 1. The fourth-order valence-electron chi connectivity index (χ4n) is 1.47. The molecule has 2 atom stereocenters. The van der Waals surface area contributed by atoms with E-state index in [1.165, 1.54) is 0 Å². The van der Waals surface area contributed by atoms with E-state index in [-0.39, 0.29) is 12.1 Å². The number of rotatable bonds is 2. The van der Waals surface area contributed by atoms with E-state index in [9.17, 15) is 0 Å². The third-order valence-electron chi connectivity index (χ3n) is 2.32. The minimum Gasteiger partial charge on any atom is -0.379 e. The minimum atomic E-state index is 0.130. The molecule has 14 heavy (non-hydrogen) atoms. The van der Waals surface area contributed by atoms with E-state index in [4.69, 9.17) is 10.5 Å². The van der Waals surface area contributed by atoms with Gasteiger partial charge in [-0.1, -0.05) is 0 Å². The molecule has 0 spiro atoms. The second kappa shape index (κ2) is 4.34. The molecule has 0 radical (unpaired) electrons. The average Bonchev–Trinajstić information content (AvgIpc) is 2.23. The van der Waals surface area contributed by atoms with Gasteiger partial charge in [0.2, 0.25) is 0 Å². The quantitative estimate of drug-likeness (QED) is 0.693. The van der Waals surface area contributed by atoms with Crippen molar-refractivity contribution in [1.29, 1.82) is 0 Å². The molecular formula is C9H14N4O. The number of nitrogens with one attached hydrogen (secondary N) is 1. The Bertz CT molecular complexity index is 279. The van der Waals surface area contributed by atoms with Crippen LogP contribution in [-0.2, 0) is 4.74 Å². The topological polar surface area (TPSA) is 73.1 Å². The zero-order valence-corrected chi connectivity index (χ0v) is 7.89. The molecule has 1 aromatic heterocycles. The summed E-state index contributed by atoms with van der Waals surface area (Å²) in [7, 11) is 0. The highest BCUT2D eigenvalue weighted by molar-refractivity contribution is 5.33. The highest BCUT2D eigenvalue weighted by atomic mass is 16.5. The standard InChI is InChI=1S/C9H14N4O/c10-7-3-5-14-6-8(7)12-9-2-1-4-11-13-9/h1-2,4,7-8H,3,5-6,10H2,(H,12,13). The molecule has 2 rings (SSSR count). The lowest BCUT2D eigenvalue weighted by molar-refractivity contribution is 0.0767. The normalized spacial score (nSPS) is 27.2. The molecule has 2 unspecified atom stereocenters. The maximum absolute atomic E-state index is 5.94. The van der Waals surface area contributed by atoms with E-state index in [1.807, 2.05) is 12.1 Å². The summed E-state index contributed by atoms with van der Waals surface area (Å²) in [5.41, 5.74) is 5.94. The van der Waals surface area contributed by atoms with Gasteiger partial charge in [-0.3, -0.25) is 0 Å². The SMILES string of the molecule is NC1CCOCC1Nc1cccnn1. The van der Waals surface area contributed by atoms with Gasteiger partial charge < -0.3 is 15.8 Å². The van der Waals surface area contributed by atoms with Gasteiger partial charge in [-0.2, -0.15) is 5.10 Å². The molecule has 5 heteroatoms. The number of hydrogen-bond donors (Lipinski definition) is 2. The summed E-state index contributed by atoms with van der Waals surface area (Å²) < 4.78 is 5.33. The van der Waals surface area contributed by atoms with E-state index in [0.29, 0.717) is 6.61 Å². The van der Waals surface area contributed by atoms with Crippen molar-refractivity contribution in [2.45, 2.75) is 18.5 Å². The minimum absolute atomic E-state index is 0.130. The van der Waals surface area contributed by atoms with Gasteiger partial charge in [0.1, 0.15) is 5.82 Å². The van der Waals surface area contributed by atoms with Crippen molar-refractivity contribution in [2.24, 2.45) is 5.73 Å². The third kappa shape index (κ3) is 2.18. The van der Waals surface area contributed by atoms with Crippen LogP contribution in [-0.4, -0.2) is 35.5 Å². The lowest BCUT2D eigenvalue weighted by Gasteiger charge is -2.29. The second-order valence-corrected chi connectivity index (χ2v) is 3.39. The van der Waals surface area contributed by atoms with Crippen LogP contribution in [0.4, 0.5) is 5.82 Å². The summed E-state index contributed by atoms with van der Waals surface area (Å²) in [6, 6.07) is 3.98. The van der Waals surface area contributed by atoms with Crippen molar-refractivity contribution in [3.05, 3.63) is 18.3 Å². The summed E-state index contributed by atoms with van der Waals surface area (Å²) in [6.07, 6.45) is 2.53. The molecule has 1 aliphatic rings. The fraction of sp³-hybridized carbons (Fsp3) is 0.556. The molecule has 0 aromatic carbocycles. The molecular weight excluding hydrogens is 180 g/mol. The van der Waals surface area contributed by atoms with Gasteiger partial charge in [-0.15, -0.1) is 5.10 Å². The first-order valence-corrected chi connectivity index (χ1v) is 4.74. The van der Waals surface area contributed by atoms with Crippen LogP contribution in [0.1, 0.15) is 6.42 Å². The molecule has 0 saturated carbocycles. The monoisotopic (exact) mass is 194 g/mol. The largest absolute Gasteiger partial charge is 0.379 e. The predicted octanol–water partition coefficient (Wildman–Crippen LogP) is 0.00470. The number of ether oxygens (including phenoxy) is 1. The Kier molecular flexibility index (Phi) is 2.90. The van der Waals surface area contributed by atoms with Crippen LogP contribution in [0, 0.1) is 0 Å². The third-order valence-corrected chi connectivity index (χ3v) is 2.32. The molecule has 0 aliphatic carbocycles. The molecule has 0 amide bonds. The van der Waals surface area contributed by atoms with E-state index >= 15 is 0 Å². The van der Waals surface area contributed by atoms with E-state index in [2.05, 4.69) is 15.5 Å². The first-order valence-electron chi connectivity index (χ1n) is 4.74. The van der Waals surface area contributed by atoms with Crippen molar-refractivity contribution < 1.29 is 4.74 Å². The van der Waals surface area contributed by atoms with Crippen LogP contribution >= 0.6 is 0 Å². The summed E-state index contributed by atoms with van der Waals surface area (Å²) in [5, 5.41) is 10.9. The number of aromatic nitrogens is 2. The van der Waals surface area contributed by atoms with Crippen molar-refractivity contribution in [1.82, 2.24) is 10.2 Å². The zero-order chi connectivity index (χ0) is 9.80. The summed E-state index contributed by atoms with van der Waals surface area (Å²) in [6.45, 7) is 1.39. The van der Waals surface area contributed by atoms with E-state index in [0.717, 1.165) is 18.8 Å². The summed E-state index contributed by atoms with van der Waals surface area (Å²) in [4.78, 5) is 0. The molecule has 1 fully saturated rings. The second-order valence-electron chi connectivity index (χ2n) is 3.39. The average molecular weight is 194 g/mol. The van der Waals surface area contributed by atoms with Crippen LogP contribution in [0.3, 0.4) is 0 Å². The lowest BCUT2D eigenvalue weighted by atomic mass is 10.1. The van der Waals surface area contributed by atoms with Crippen LogP contribution in [0.15, 0.2) is 18.3 Å². The zero-order valence-electron chi connectivity index (χ0n) is 7.89. The summed E-state index contributed by atoms with van der Waals surface area (Å²) >= 11 is 0. The molecule has 1 aromatic rings. The summed E-state index contributed by atoms with van der Waals surface area (Å²) in [5.74, 6) is 0.749. The lowest BCUT2D eigenvalue weighted by Crippen LogP contribution is -2.47. The van der Waals surface area contributed by atoms with Gasteiger partial charge in [0.05, 0.1) is 12.6 Å². The number of hydrogen-bond acceptors (Lipinski definition) is 5. The highest BCUT2D eigenvalue weighted by Crippen LogP contribution is 2.10. The Hall–Kier alpha value is -1.20. The van der Waals surface area contributed by atoms with Crippen LogP contribution < -0.4 is 11.1 Å². The Morgan fingerprint density at radius 2 is 2.50 bits per heavy atom. The maximum Gasteiger partial charge on any atom is 0.148 e. The highest BCUT2D eigenvalue weighted by Gasteiger charge is 2.22. The molecule has 3 N–H and O–H groups in total. The Labute approximate surface area is 82.7 Å². The van der Waals surface area contributed by atoms with E-state index in [1.54, 1.807) is 6.20 Å². The fourth-order valence-corrected chi connectivity index (χ4v) is 1.47. The Morgan fingerprint density at radius 1 is 1.57 bits per heavy atom. The van der Waals surface area contributed by atoms with Gasteiger partial charge in [0.15, 0.2) is 0 Å². The predicted molar refractivity (Wildman–Crippen MR) is 52.9 cm³/mol. The number of nitrogens with zero attached hydrogens (tertiary/aromatic N) is 2. The first kappa shape index (κ1) is 9.36. The van der Waals surface area contributed by atoms with E-state index < -0.39 is 0 Å². The van der Waals surface area contributed by atoms with Crippen LogP contribution in [0.2, 0.25) is 0 Å². The molecule has 2 heterocycles. The van der Waals surface area contributed by atoms with Gasteiger partial charge in [-0.05, 0) is 18.6 Å². The molecule has 1 saturated heterocycles. The Balaban J connectivity index is 1.96. The van der Waals surface area contributed by atoms with Crippen LogP contribution in [0.25, 0.3) is 0 Å². The Morgan fingerprint density at radius 3 is 3.21 bits per heavy atom. The molecule has 5 nitrogen and oxygen atoms in total. The van der Waals surface area contributed by atoms with Crippen LogP contribution in [0.5, 0.6) is 0 Å². The smallest absolute Gasteiger partial charge is 0.148 e.